The second-order valence-corrected chi connectivity index (χ2v) is 6.24. The molecule has 1 aromatic rings. The lowest BCUT2D eigenvalue weighted by Crippen LogP contribution is -2.25. The zero-order valence-corrected chi connectivity index (χ0v) is 17.1. The number of carbonyl (C=O) groups is 2. The molecule has 1 aromatic carbocycles. The summed E-state index contributed by atoms with van der Waals surface area (Å²) in [6.07, 6.45) is 0. The van der Waals surface area contributed by atoms with Crippen LogP contribution in [0.4, 0.5) is 0 Å². The van der Waals surface area contributed by atoms with Gasteiger partial charge in [0.25, 0.3) is 0 Å². The number of rotatable bonds is 5. The van der Waals surface area contributed by atoms with Gasteiger partial charge in [0.2, 0.25) is 0 Å². The molecule has 1 rings (SSSR count). The van der Waals surface area contributed by atoms with Gasteiger partial charge in [0.15, 0.2) is 5.92 Å². The molecule has 0 aromatic heterocycles. The molecule has 22 heavy (non-hydrogen) atoms. The van der Waals surface area contributed by atoms with Crippen molar-refractivity contribution >= 4 is 50.5 Å². The molecule has 124 valence electrons. The van der Waals surface area contributed by atoms with Gasteiger partial charge in [0.1, 0.15) is 0 Å². The van der Waals surface area contributed by atoms with E-state index in [4.69, 9.17) is 0 Å². The van der Waals surface area contributed by atoms with E-state index >= 15 is 0 Å². The fourth-order valence-corrected chi connectivity index (χ4v) is 2.57. The number of aryl methyl sites for hydroxylation is 1. The van der Waals surface area contributed by atoms with E-state index in [9.17, 15) is 9.59 Å². The smallest absolute Gasteiger partial charge is 0.320 e. The molecule has 0 aliphatic carbocycles. The molecule has 0 fully saturated rings. The van der Waals surface area contributed by atoms with Crippen LogP contribution in [0.1, 0.15) is 31.9 Å². The van der Waals surface area contributed by atoms with Crippen LogP contribution in [-0.2, 0) is 24.4 Å². The van der Waals surface area contributed by atoms with Crippen molar-refractivity contribution in [2.24, 2.45) is 5.92 Å². The molecule has 0 saturated carbocycles. The molecule has 0 heterocycles. The molecule has 0 aliphatic heterocycles. The third-order valence-electron chi connectivity index (χ3n) is 2.74. The summed E-state index contributed by atoms with van der Waals surface area (Å²) < 4.78 is 10.6. The largest absolute Gasteiger partial charge is 0.465 e. The molecule has 0 saturated heterocycles. The number of carbonyl (C=O) groups excluding carboxylic acids is 2. The van der Waals surface area contributed by atoms with Crippen LogP contribution in [0.15, 0.2) is 18.2 Å². The lowest BCUT2D eigenvalue weighted by Gasteiger charge is -2.08. The van der Waals surface area contributed by atoms with Crippen molar-refractivity contribution < 1.29 is 19.1 Å². The molecule has 6 heteroatoms. The lowest BCUT2D eigenvalue weighted by molar-refractivity contribution is -0.160. The molecular weight excluding hydrogens is 463 g/mol. The molecular formula is C16H22BrIO4. The van der Waals surface area contributed by atoms with Crippen LogP contribution in [0.25, 0.3) is 0 Å². The second kappa shape index (κ2) is 11.9. The maximum atomic E-state index is 10.9. The summed E-state index contributed by atoms with van der Waals surface area (Å²) in [5, 5.41) is 0.954. The number of esters is 2. The van der Waals surface area contributed by atoms with Gasteiger partial charge in [-0.05, 0) is 73.5 Å². The Kier molecular flexibility index (Phi) is 11.5. The van der Waals surface area contributed by atoms with Gasteiger partial charge in [-0.15, -0.1) is 0 Å². The minimum Gasteiger partial charge on any atom is -0.465 e. The summed E-state index contributed by atoms with van der Waals surface area (Å²) in [6.45, 7) is 7.54. The quantitative estimate of drug-likeness (QED) is 0.271. The topological polar surface area (TPSA) is 52.6 Å². The second-order valence-electron chi connectivity index (χ2n) is 4.43. The summed E-state index contributed by atoms with van der Waals surface area (Å²) in [5.74, 6) is -1.88. The Bertz CT molecular complexity index is 473. The Labute approximate surface area is 154 Å². The summed E-state index contributed by atoms with van der Waals surface area (Å²) in [5.41, 5.74) is 2.74. The fraction of sp³-hybridized carbons (Fsp3) is 0.500. The van der Waals surface area contributed by atoms with E-state index in [0.717, 1.165) is 5.33 Å². The van der Waals surface area contributed by atoms with Crippen LogP contribution in [0.2, 0.25) is 0 Å². The Balaban J connectivity index is 0.000000406. The summed E-state index contributed by atoms with van der Waals surface area (Å²) in [7, 11) is 0. The summed E-state index contributed by atoms with van der Waals surface area (Å²) in [4.78, 5) is 21.9. The van der Waals surface area contributed by atoms with Crippen molar-refractivity contribution in [2.45, 2.75) is 33.0 Å². The third kappa shape index (κ3) is 8.12. The molecule has 0 atom stereocenters. The highest BCUT2D eigenvalue weighted by Crippen LogP contribution is 2.15. The van der Waals surface area contributed by atoms with Crippen molar-refractivity contribution in [2.75, 3.05) is 13.2 Å². The van der Waals surface area contributed by atoms with Crippen LogP contribution in [0, 0.1) is 16.4 Å². The first-order valence-electron chi connectivity index (χ1n) is 7.01. The summed E-state index contributed by atoms with van der Waals surface area (Å²) >= 11 is 5.76. The predicted molar refractivity (Wildman–Crippen MR) is 99.0 cm³/mol. The van der Waals surface area contributed by atoms with Crippen molar-refractivity contribution in [3.63, 3.8) is 0 Å². The third-order valence-corrected chi connectivity index (χ3v) is 4.01. The molecule has 0 N–H and O–H groups in total. The summed E-state index contributed by atoms with van der Waals surface area (Å²) in [6, 6.07) is 6.48. The van der Waals surface area contributed by atoms with Crippen LogP contribution < -0.4 is 0 Å². The highest BCUT2D eigenvalue weighted by Gasteiger charge is 2.23. The molecule has 0 bridgehead atoms. The number of halogens is 2. The normalized spacial score (nSPS) is 9.77. The Morgan fingerprint density at radius 1 is 1.18 bits per heavy atom. The zero-order valence-electron chi connectivity index (χ0n) is 13.3. The molecule has 0 radical (unpaired) electrons. The van der Waals surface area contributed by atoms with E-state index in [1.54, 1.807) is 13.8 Å². The Hall–Kier alpha value is -0.630. The first-order chi connectivity index (χ1) is 10.4. The maximum Gasteiger partial charge on any atom is 0.320 e. The van der Waals surface area contributed by atoms with Crippen molar-refractivity contribution in [1.29, 1.82) is 0 Å². The van der Waals surface area contributed by atoms with Gasteiger partial charge >= 0.3 is 11.9 Å². The predicted octanol–water partition coefficient (Wildman–Crippen LogP) is 4.24. The highest BCUT2D eigenvalue weighted by molar-refractivity contribution is 14.1. The van der Waals surface area contributed by atoms with Gasteiger partial charge in [0.05, 0.1) is 13.2 Å². The molecule has 4 nitrogen and oxygen atoms in total. The Morgan fingerprint density at radius 2 is 1.68 bits per heavy atom. The minimum atomic E-state index is -0.815. The van der Waals surface area contributed by atoms with Gasteiger partial charge in [-0.1, -0.05) is 22.0 Å². The van der Waals surface area contributed by atoms with E-state index in [-0.39, 0.29) is 13.2 Å². The van der Waals surface area contributed by atoms with E-state index in [1.807, 2.05) is 0 Å². The van der Waals surface area contributed by atoms with Crippen LogP contribution >= 0.6 is 38.5 Å². The maximum absolute atomic E-state index is 10.9. The molecule has 0 amide bonds. The number of hydrogen-bond acceptors (Lipinski definition) is 4. The van der Waals surface area contributed by atoms with Crippen molar-refractivity contribution in [3.05, 3.63) is 32.9 Å². The number of ether oxygens (including phenoxy) is 2. The standard InChI is InChI=1S/C8H8BrI.C8H14O4/c1-6-2-3-8(10)4-7(6)5-9;1-4-11-7(9)6(3)8(10)12-5-2/h2-4H,5H2,1H3;6H,4-5H2,1-3H3. The molecule has 0 unspecified atom stereocenters. The monoisotopic (exact) mass is 484 g/mol. The first kappa shape index (κ1) is 21.4. The first-order valence-corrected chi connectivity index (χ1v) is 9.21. The highest BCUT2D eigenvalue weighted by atomic mass is 127. The number of hydrogen-bond donors (Lipinski definition) is 0. The molecule has 0 spiro atoms. The van der Waals surface area contributed by atoms with E-state index in [1.165, 1.54) is 21.6 Å². The fourth-order valence-electron chi connectivity index (χ4n) is 1.41. The van der Waals surface area contributed by atoms with Crippen molar-refractivity contribution in [3.8, 4) is 0 Å². The van der Waals surface area contributed by atoms with Gasteiger partial charge in [-0.3, -0.25) is 9.59 Å². The Morgan fingerprint density at radius 3 is 2.05 bits per heavy atom. The van der Waals surface area contributed by atoms with Gasteiger partial charge in [0, 0.05) is 8.90 Å². The van der Waals surface area contributed by atoms with E-state index in [0.29, 0.717) is 0 Å². The zero-order chi connectivity index (χ0) is 17.1. The van der Waals surface area contributed by atoms with Crippen molar-refractivity contribution in [1.82, 2.24) is 0 Å². The van der Waals surface area contributed by atoms with E-state index in [2.05, 4.69) is 73.1 Å². The number of alkyl halides is 1. The van der Waals surface area contributed by atoms with Crippen LogP contribution in [0.5, 0.6) is 0 Å². The van der Waals surface area contributed by atoms with E-state index < -0.39 is 17.9 Å². The van der Waals surface area contributed by atoms with Gasteiger partial charge < -0.3 is 9.47 Å². The lowest BCUT2D eigenvalue weighted by atomic mass is 10.1. The average molecular weight is 485 g/mol. The van der Waals surface area contributed by atoms with Gasteiger partial charge in [-0.25, -0.2) is 0 Å². The molecule has 0 aliphatic rings. The van der Waals surface area contributed by atoms with Gasteiger partial charge in [-0.2, -0.15) is 0 Å². The number of benzene rings is 1. The van der Waals surface area contributed by atoms with Crippen LogP contribution in [0.3, 0.4) is 0 Å². The minimum absolute atomic E-state index is 0.280. The van der Waals surface area contributed by atoms with Crippen LogP contribution in [-0.4, -0.2) is 25.2 Å². The average Bonchev–Trinajstić information content (AvgIpc) is 2.50. The SMILES string of the molecule is CCOC(=O)C(C)C(=O)OCC.Cc1ccc(I)cc1CBr.